The van der Waals surface area contributed by atoms with Crippen molar-refractivity contribution in [3.8, 4) is 17.1 Å². The van der Waals surface area contributed by atoms with E-state index in [1.165, 1.54) is 11.8 Å². The van der Waals surface area contributed by atoms with Gasteiger partial charge in [0.05, 0.1) is 70.1 Å². The number of aromatic nitrogens is 6. The molecular weight excluding hydrogens is 559 g/mol. The fraction of sp³-hybridized carbons (Fsp3) is 0.419. The first-order valence-corrected chi connectivity index (χ1v) is 14.5. The van der Waals surface area contributed by atoms with Crippen molar-refractivity contribution in [3.05, 3.63) is 65.6 Å². The third-order valence-electron chi connectivity index (χ3n) is 8.61. The molecule has 1 fully saturated rings. The van der Waals surface area contributed by atoms with E-state index in [1.54, 1.807) is 33.3 Å². The van der Waals surface area contributed by atoms with Gasteiger partial charge in [-0.15, -0.1) is 5.10 Å². The molecule has 6 rings (SSSR count). The zero-order valence-corrected chi connectivity index (χ0v) is 25.1. The van der Waals surface area contributed by atoms with Crippen LogP contribution in [0.3, 0.4) is 0 Å². The van der Waals surface area contributed by atoms with Crippen molar-refractivity contribution < 1.29 is 18.6 Å². The highest BCUT2D eigenvalue weighted by atomic mass is 19.3. The lowest BCUT2D eigenvalue weighted by atomic mass is 9.41. The maximum atomic E-state index is 14.5. The number of fused-ring (bicyclic) bond motifs is 3. The Morgan fingerprint density at radius 3 is 2.36 bits per heavy atom. The number of halogens is 2. The maximum absolute atomic E-state index is 14.5. The fourth-order valence-electron chi connectivity index (χ4n) is 6.55. The summed E-state index contributed by atoms with van der Waals surface area (Å²) in [5.41, 5.74) is 3.31. The van der Waals surface area contributed by atoms with Crippen LogP contribution in [-0.2, 0) is 17.8 Å². The van der Waals surface area contributed by atoms with Gasteiger partial charge >= 0.3 is 0 Å². The van der Waals surface area contributed by atoms with Gasteiger partial charge in [-0.1, -0.05) is 40.7 Å². The van der Waals surface area contributed by atoms with Crippen molar-refractivity contribution >= 4 is 45.5 Å². The molecule has 13 heteroatoms. The van der Waals surface area contributed by atoms with E-state index in [0.717, 1.165) is 5.56 Å². The zero-order chi connectivity index (χ0) is 31.6. The van der Waals surface area contributed by atoms with Gasteiger partial charge in [-0.25, -0.2) is 18.4 Å². The van der Waals surface area contributed by atoms with E-state index < -0.39 is 16.6 Å². The lowest BCUT2D eigenvalue weighted by Gasteiger charge is -2.36. The van der Waals surface area contributed by atoms with E-state index in [-0.39, 0.29) is 30.5 Å². The van der Waals surface area contributed by atoms with Crippen LogP contribution in [0.5, 0.6) is 5.88 Å². The van der Waals surface area contributed by atoms with Gasteiger partial charge in [-0.3, -0.25) is 4.98 Å². The molecule has 4 heterocycles. The Balaban J connectivity index is 1.75. The van der Waals surface area contributed by atoms with Crippen LogP contribution in [0.1, 0.15) is 62.4 Å². The highest BCUT2D eigenvalue weighted by Crippen LogP contribution is 2.48. The topological polar surface area (TPSA) is 90.9 Å². The first kappa shape index (κ1) is 30.3. The summed E-state index contributed by atoms with van der Waals surface area (Å²) in [5.74, 6) is -2.53. The van der Waals surface area contributed by atoms with Crippen LogP contribution in [-0.4, -0.2) is 71.2 Å². The molecule has 1 atom stereocenters. The minimum atomic E-state index is -2.71. The molecule has 220 valence electrons. The van der Waals surface area contributed by atoms with Gasteiger partial charge in [-0.05, 0) is 44.2 Å². The molecule has 8 nitrogen and oxygen atoms in total. The van der Waals surface area contributed by atoms with Gasteiger partial charge in [-0.2, -0.15) is 0 Å². The zero-order valence-electron chi connectivity index (χ0n) is 25.1. The Bertz CT molecular complexity index is 1840. The van der Waals surface area contributed by atoms with Crippen LogP contribution in [0.4, 0.5) is 8.78 Å². The predicted octanol–water partition coefficient (Wildman–Crippen LogP) is 4.65. The number of alkyl halides is 2. The molecule has 44 heavy (non-hydrogen) atoms. The summed E-state index contributed by atoms with van der Waals surface area (Å²) < 4.78 is 38.3. The molecule has 1 unspecified atom stereocenters. The molecule has 0 spiro atoms. The molecule has 0 aliphatic heterocycles. The third-order valence-corrected chi connectivity index (χ3v) is 8.61. The van der Waals surface area contributed by atoms with Crippen LogP contribution in [0.2, 0.25) is 0 Å². The van der Waals surface area contributed by atoms with Crippen molar-refractivity contribution in [2.75, 3.05) is 7.11 Å². The molecule has 1 N–H and O–H groups in total. The monoisotopic (exact) mass is 590 g/mol. The van der Waals surface area contributed by atoms with Gasteiger partial charge in [0.1, 0.15) is 5.52 Å². The van der Waals surface area contributed by atoms with Gasteiger partial charge in [0.15, 0.2) is 0 Å². The molecule has 1 saturated carbocycles. The Labute approximate surface area is 258 Å². The van der Waals surface area contributed by atoms with Crippen molar-refractivity contribution in [1.29, 1.82) is 0 Å². The van der Waals surface area contributed by atoms with Crippen molar-refractivity contribution in [3.63, 3.8) is 0 Å². The van der Waals surface area contributed by atoms with Crippen LogP contribution < -0.4 is 4.74 Å². The molecule has 1 aliphatic rings. The number of rotatable bonds is 7. The highest BCUT2D eigenvalue weighted by Gasteiger charge is 2.40. The largest absolute Gasteiger partial charge is 0.480 e. The molecule has 6 radical (unpaired) electrons. The maximum Gasteiger partial charge on any atom is 0.248 e. The summed E-state index contributed by atoms with van der Waals surface area (Å²) in [6.45, 7) is 3.37. The Kier molecular flexibility index (Phi) is 7.38. The average molecular weight is 590 g/mol. The SMILES string of the molecule is [B]C([B])([B])c1nnn(C)c1-c1cnc2c3c(OC)ncc(C(C)(C)O)c3n(C(c3ccccc3)C3CCC(F)(F)CC3)c2c1. The summed E-state index contributed by atoms with van der Waals surface area (Å²) >= 11 is 0. The second-order valence-electron chi connectivity index (χ2n) is 12.3. The van der Waals surface area contributed by atoms with E-state index in [9.17, 15) is 13.9 Å². The summed E-state index contributed by atoms with van der Waals surface area (Å²) in [4.78, 5) is 9.44. The molecule has 4 aromatic heterocycles. The van der Waals surface area contributed by atoms with E-state index in [4.69, 9.17) is 33.3 Å². The number of hydrogen-bond acceptors (Lipinski definition) is 6. The molecular formula is C31H31B3F2N6O2. The molecule has 5 aromatic rings. The Morgan fingerprint density at radius 1 is 1.07 bits per heavy atom. The standard InChI is InChI=1S/C31H31B3F2N6O2/c1-29(2,43)20-16-38-28(44-4)22-23-21(14-19(15-37-23)25-27(31(32,33)34)39-40-41(25)3)42(26(20)22)24(17-8-6-5-7-9-17)18-10-12-30(35,36)13-11-18/h5-9,14-16,18,24,43H,10-13H2,1-4H3. The van der Waals surface area contributed by atoms with Crippen molar-refractivity contribution in [2.24, 2.45) is 13.0 Å². The Hall–Kier alpha value is -3.73. The summed E-state index contributed by atoms with van der Waals surface area (Å²) in [7, 11) is 21.4. The summed E-state index contributed by atoms with van der Waals surface area (Å²) in [5, 5.41) is 18.5. The lowest BCUT2D eigenvalue weighted by Crippen LogP contribution is -2.31. The Morgan fingerprint density at radius 2 is 1.75 bits per heavy atom. The number of aliphatic hydroxyl groups is 1. The van der Waals surface area contributed by atoms with E-state index in [1.807, 2.05) is 36.4 Å². The predicted molar refractivity (Wildman–Crippen MR) is 167 cm³/mol. The van der Waals surface area contributed by atoms with Gasteiger partial charge in [0.2, 0.25) is 11.8 Å². The van der Waals surface area contributed by atoms with Gasteiger partial charge < -0.3 is 14.4 Å². The molecule has 0 saturated heterocycles. The molecule has 1 aliphatic carbocycles. The lowest BCUT2D eigenvalue weighted by molar-refractivity contribution is -0.0493. The fourth-order valence-corrected chi connectivity index (χ4v) is 6.55. The number of benzene rings is 1. The number of pyridine rings is 2. The quantitative estimate of drug-likeness (QED) is 0.278. The van der Waals surface area contributed by atoms with Crippen LogP contribution in [0.15, 0.2) is 48.8 Å². The highest BCUT2D eigenvalue weighted by molar-refractivity contribution is 6.59. The minimum absolute atomic E-state index is 0.146. The average Bonchev–Trinajstić information content (AvgIpc) is 3.52. The van der Waals surface area contributed by atoms with Crippen LogP contribution >= 0.6 is 0 Å². The normalized spacial score (nSPS) is 16.9. The first-order valence-electron chi connectivity index (χ1n) is 14.5. The summed E-state index contributed by atoms with van der Waals surface area (Å²) in [6, 6.07) is 11.3. The first-order chi connectivity index (χ1) is 20.7. The van der Waals surface area contributed by atoms with Crippen LogP contribution in [0, 0.1) is 5.92 Å². The number of nitrogens with zero attached hydrogens (tertiary/aromatic N) is 6. The molecule has 1 aromatic carbocycles. The van der Waals surface area contributed by atoms with Gasteiger partial charge in [0, 0.05) is 43.4 Å². The number of methoxy groups -OCH3 is 1. The second kappa shape index (κ2) is 10.7. The smallest absolute Gasteiger partial charge is 0.248 e. The third kappa shape index (κ3) is 5.18. The van der Waals surface area contributed by atoms with Crippen LogP contribution in [0.25, 0.3) is 33.2 Å². The van der Waals surface area contributed by atoms with E-state index >= 15 is 0 Å². The van der Waals surface area contributed by atoms with E-state index in [2.05, 4.69) is 19.9 Å². The summed E-state index contributed by atoms with van der Waals surface area (Å²) in [6.07, 6.45) is 3.46. The number of aryl methyl sites for hydroxylation is 1. The van der Waals surface area contributed by atoms with E-state index in [0.29, 0.717) is 57.5 Å². The second-order valence-corrected chi connectivity index (χ2v) is 12.3. The minimum Gasteiger partial charge on any atom is -0.480 e. The molecule has 0 bridgehead atoms. The van der Waals surface area contributed by atoms with Crippen molar-refractivity contribution in [1.82, 2.24) is 29.5 Å². The van der Waals surface area contributed by atoms with Gasteiger partial charge in [0.25, 0.3) is 0 Å². The number of hydrogen-bond donors (Lipinski definition) is 1. The molecule has 0 amide bonds. The van der Waals surface area contributed by atoms with Crippen molar-refractivity contribution in [2.45, 2.75) is 62.2 Å². The number of ether oxygens (including phenoxy) is 1.